The van der Waals surface area contributed by atoms with Crippen molar-refractivity contribution < 1.29 is 0 Å². The van der Waals surface area contributed by atoms with Crippen LogP contribution < -0.4 is 5.32 Å². The second kappa shape index (κ2) is 5.83. The maximum atomic E-state index is 3.35. The van der Waals surface area contributed by atoms with Crippen LogP contribution in [0.25, 0.3) is 0 Å². The molecule has 1 aliphatic heterocycles. The Balaban J connectivity index is 2.50. The quantitative estimate of drug-likeness (QED) is 0.752. The van der Waals surface area contributed by atoms with Crippen LogP contribution in [-0.2, 0) is 0 Å². The van der Waals surface area contributed by atoms with Crippen molar-refractivity contribution in [3.8, 4) is 0 Å². The SMILES string of the molecule is CCC1CN(C(C)C(C)NC)CCN1C. The van der Waals surface area contributed by atoms with Gasteiger partial charge in [0, 0.05) is 37.8 Å². The Morgan fingerprint density at radius 1 is 1.33 bits per heavy atom. The van der Waals surface area contributed by atoms with Gasteiger partial charge in [-0.1, -0.05) is 6.92 Å². The van der Waals surface area contributed by atoms with E-state index in [1.54, 1.807) is 0 Å². The first-order chi connectivity index (χ1) is 7.10. The molecule has 0 aromatic heterocycles. The smallest absolute Gasteiger partial charge is 0.0219 e. The number of likely N-dealkylation sites (N-methyl/N-ethyl adjacent to an activating group) is 2. The molecular formula is C12H27N3. The third kappa shape index (κ3) is 3.16. The zero-order valence-electron chi connectivity index (χ0n) is 11.0. The highest BCUT2D eigenvalue weighted by atomic mass is 15.3. The third-order valence-corrected chi connectivity index (χ3v) is 4.03. The molecule has 1 heterocycles. The Morgan fingerprint density at radius 2 is 2.00 bits per heavy atom. The molecule has 3 nitrogen and oxygen atoms in total. The van der Waals surface area contributed by atoms with Crippen LogP contribution in [0.4, 0.5) is 0 Å². The number of piperazine rings is 1. The van der Waals surface area contributed by atoms with Crippen LogP contribution >= 0.6 is 0 Å². The fraction of sp³-hybridized carbons (Fsp3) is 1.00. The minimum atomic E-state index is 0.575. The van der Waals surface area contributed by atoms with E-state index in [2.05, 4.69) is 50.0 Å². The molecule has 0 saturated carbocycles. The summed E-state index contributed by atoms with van der Waals surface area (Å²) in [6.45, 7) is 10.5. The lowest BCUT2D eigenvalue weighted by Gasteiger charge is -2.43. The van der Waals surface area contributed by atoms with Crippen LogP contribution in [0.3, 0.4) is 0 Å². The van der Waals surface area contributed by atoms with Crippen molar-refractivity contribution in [2.45, 2.75) is 45.3 Å². The molecule has 0 radical (unpaired) electrons. The van der Waals surface area contributed by atoms with Crippen LogP contribution in [0.15, 0.2) is 0 Å². The van der Waals surface area contributed by atoms with E-state index in [1.807, 2.05) is 0 Å². The van der Waals surface area contributed by atoms with E-state index < -0.39 is 0 Å². The van der Waals surface area contributed by atoms with Crippen molar-refractivity contribution in [1.82, 2.24) is 15.1 Å². The van der Waals surface area contributed by atoms with Gasteiger partial charge in [-0.3, -0.25) is 4.90 Å². The first kappa shape index (κ1) is 12.9. The summed E-state index contributed by atoms with van der Waals surface area (Å²) in [5.41, 5.74) is 0. The molecule has 1 fully saturated rings. The molecule has 3 atom stereocenters. The largest absolute Gasteiger partial charge is 0.316 e. The van der Waals surface area contributed by atoms with Gasteiger partial charge in [-0.05, 0) is 34.4 Å². The van der Waals surface area contributed by atoms with Gasteiger partial charge in [0.05, 0.1) is 0 Å². The predicted molar refractivity (Wildman–Crippen MR) is 66.3 cm³/mol. The van der Waals surface area contributed by atoms with Gasteiger partial charge in [0.25, 0.3) is 0 Å². The van der Waals surface area contributed by atoms with Crippen LogP contribution in [0.5, 0.6) is 0 Å². The molecule has 0 amide bonds. The molecule has 0 aromatic rings. The summed E-state index contributed by atoms with van der Waals surface area (Å²) in [4.78, 5) is 5.11. The van der Waals surface area contributed by atoms with Gasteiger partial charge in [-0.25, -0.2) is 0 Å². The molecule has 3 heteroatoms. The molecule has 1 saturated heterocycles. The minimum Gasteiger partial charge on any atom is -0.316 e. The number of hydrogen-bond acceptors (Lipinski definition) is 3. The van der Waals surface area contributed by atoms with Crippen molar-refractivity contribution in [1.29, 1.82) is 0 Å². The second-order valence-electron chi connectivity index (χ2n) is 4.86. The van der Waals surface area contributed by atoms with Crippen LogP contribution in [0.1, 0.15) is 27.2 Å². The normalized spacial score (nSPS) is 29.0. The fourth-order valence-electron chi connectivity index (χ4n) is 2.34. The van der Waals surface area contributed by atoms with E-state index >= 15 is 0 Å². The Morgan fingerprint density at radius 3 is 2.53 bits per heavy atom. The van der Waals surface area contributed by atoms with Crippen LogP contribution in [0.2, 0.25) is 0 Å². The molecule has 1 N–H and O–H groups in total. The molecule has 1 aliphatic rings. The molecule has 15 heavy (non-hydrogen) atoms. The van der Waals surface area contributed by atoms with E-state index in [9.17, 15) is 0 Å². The topological polar surface area (TPSA) is 18.5 Å². The summed E-state index contributed by atoms with van der Waals surface area (Å²) in [5.74, 6) is 0. The van der Waals surface area contributed by atoms with Gasteiger partial charge in [-0.15, -0.1) is 0 Å². The van der Waals surface area contributed by atoms with Gasteiger partial charge in [0.1, 0.15) is 0 Å². The number of rotatable bonds is 4. The van der Waals surface area contributed by atoms with Gasteiger partial charge in [0.15, 0.2) is 0 Å². The van der Waals surface area contributed by atoms with Crippen molar-refractivity contribution in [3.05, 3.63) is 0 Å². The Labute approximate surface area is 94.8 Å². The molecule has 90 valence electrons. The Hall–Kier alpha value is -0.120. The maximum Gasteiger partial charge on any atom is 0.0219 e. The predicted octanol–water partition coefficient (Wildman–Crippen LogP) is 1.01. The molecular weight excluding hydrogens is 186 g/mol. The standard InChI is InChI=1S/C12H27N3/c1-6-12-9-15(8-7-14(12)5)11(3)10(2)13-4/h10-13H,6-9H2,1-5H3. The van der Waals surface area contributed by atoms with Crippen LogP contribution in [0, 0.1) is 0 Å². The Bertz CT molecular complexity index is 184. The lowest BCUT2D eigenvalue weighted by Crippen LogP contribution is -2.57. The second-order valence-corrected chi connectivity index (χ2v) is 4.86. The summed E-state index contributed by atoms with van der Waals surface area (Å²) in [5, 5.41) is 3.35. The highest BCUT2D eigenvalue weighted by Crippen LogP contribution is 2.14. The van der Waals surface area contributed by atoms with E-state index in [-0.39, 0.29) is 0 Å². The lowest BCUT2D eigenvalue weighted by atomic mass is 10.1. The van der Waals surface area contributed by atoms with Crippen LogP contribution in [-0.4, -0.2) is 61.7 Å². The van der Waals surface area contributed by atoms with E-state index in [0.717, 1.165) is 6.04 Å². The molecule has 0 spiro atoms. The average molecular weight is 213 g/mol. The molecule has 1 rings (SSSR count). The molecule has 0 bridgehead atoms. The van der Waals surface area contributed by atoms with E-state index in [1.165, 1.54) is 26.1 Å². The summed E-state index contributed by atoms with van der Waals surface area (Å²) < 4.78 is 0. The number of nitrogens with one attached hydrogen (secondary N) is 1. The number of nitrogens with zero attached hydrogens (tertiary/aromatic N) is 2. The van der Waals surface area contributed by atoms with E-state index in [4.69, 9.17) is 0 Å². The minimum absolute atomic E-state index is 0.575. The zero-order valence-corrected chi connectivity index (χ0v) is 11.0. The van der Waals surface area contributed by atoms with E-state index in [0.29, 0.717) is 12.1 Å². The summed E-state index contributed by atoms with van der Waals surface area (Å²) in [7, 11) is 4.30. The first-order valence-electron chi connectivity index (χ1n) is 6.21. The summed E-state index contributed by atoms with van der Waals surface area (Å²) in [6.07, 6.45) is 1.26. The highest BCUT2D eigenvalue weighted by molar-refractivity contribution is 4.85. The summed E-state index contributed by atoms with van der Waals surface area (Å²) in [6, 6.07) is 1.95. The van der Waals surface area contributed by atoms with Gasteiger partial charge >= 0.3 is 0 Å². The molecule has 0 aliphatic carbocycles. The monoisotopic (exact) mass is 213 g/mol. The van der Waals surface area contributed by atoms with Crippen molar-refractivity contribution in [2.75, 3.05) is 33.7 Å². The van der Waals surface area contributed by atoms with Gasteiger partial charge in [0.2, 0.25) is 0 Å². The molecule has 0 aromatic carbocycles. The number of hydrogen-bond donors (Lipinski definition) is 1. The highest BCUT2D eigenvalue weighted by Gasteiger charge is 2.27. The van der Waals surface area contributed by atoms with Crippen molar-refractivity contribution in [2.24, 2.45) is 0 Å². The first-order valence-corrected chi connectivity index (χ1v) is 6.21. The summed E-state index contributed by atoms with van der Waals surface area (Å²) >= 11 is 0. The molecule has 3 unspecified atom stereocenters. The lowest BCUT2D eigenvalue weighted by molar-refractivity contribution is 0.0579. The Kier molecular flexibility index (Phi) is 5.03. The van der Waals surface area contributed by atoms with Gasteiger partial charge in [-0.2, -0.15) is 0 Å². The third-order valence-electron chi connectivity index (χ3n) is 4.03. The van der Waals surface area contributed by atoms with Crippen molar-refractivity contribution >= 4 is 0 Å². The average Bonchev–Trinajstić information content (AvgIpc) is 2.27. The maximum absolute atomic E-state index is 3.35. The fourth-order valence-corrected chi connectivity index (χ4v) is 2.34. The van der Waals surface area contributed by atoms with Gasteiger partial charge < -0.3 is 10.2 Å². The van der Waals surface area contributed by atoms with Crippen molar-refractivity contribution in [3.63, 3.8) is 0 Å². The zero-order chi connectivity index (χ0) is 11.4.